The molecule has 1 aromatic carbocycles. The van der Waals surface area contributed by atoms with Gasteiger partial charge in [0.25, 0.3) is 0 Å². The first kappa shape index (κ1) is 18.1. The van der Waals surface area contributed by atoms with Gasteiger partial charge in [-0.1, -0.05) is 6.92 Å². The van der Waals surface area contributed by atoms with E-state index in [4.69, 9.17) is 4.74 Å². The Morgan fingerprint density at radius 1 is 1.17 bits per heavy atom. The van der Waals surface area contributed by atoms with Crippen LogP contribution in [0.15, 0.2) is 24.3 Å². The van der Waals surface area contributed by atoms with Crippen molar-refractivity contribution in [3.05, 3.63) is 24.3 Å². The van der Waals surface area contributed by atoms with Gasteiger partial charge >= 0.3 is 0 Å². The maximum atomic E-state index is 12.2. The Labute approximate surface area is 143 Å². The zero-order valence-electron chi connectivity index (χ0n) is 14.7. The molecular weight excluding hydrogens is 306 g/mol. The summed E-state index contributed by atoms with van der Waals surface area (Å²) in [5.41, 5.74) is 1.12. The molecule has 1 fully saturated rings. The van der Waals surface area contributed by atoms with Crippen LogP contribution in [0.4, 0.5) is 5.69 Å². The van der Waals surface area contributed by atoms with E-state index in [0.717, 1.165) is 30.9 Å². The molecule has 24 heavy (non-hydrogen) atoms. The summed E-state index contributed by atoms with van der Waals surface area (Å²) >= 11 is 0. The van der Waals surface area contributed by atoms with E-state index in [0.29, 0.717) is 13.1 Å². The molecule has 0 spiro atoms. The third-order valence-electron chi connectivity index (χ3n) is 4.40. The molecule has 2 amide bonds. The van der Waals surface area contributed by atoms with Gasteiger partial charge in [0.1, 0.15) is 12.2 Å². The van der Waals surface area contributed by atoms with Gasteiger partial charge in [-0.15, -0.1) is 0 Å². The number of hydrogen-bond acceptors (Lipinski definition) is 4. The molecule has 2 rings (SSSR count). The molecule has 1 N–H and O–H groups in total. The first-order chi connectivity index (χ1) is 11.5. The highest BCUT2D eigenvalue weighted by molar-refractivity contribution is 5.97. The van der Waals surface area contributed by atoms with Crippen LogP contribution < -0.4 is 15.0 Å². The summed E-state index contributed by atoms with van der Waals surface area (Å²) < 4.78 is 5.17. The molecule has 132 valence electrons. The fourth-order valence-corrected chi connectivity index (χ4v) is 2.68. The number of benzene rings is 1. The van der Waals surface area contributed by atoms with E-state index >= 15 is 0 Å². The number of ether oxygens (including phenoxy) is 1. The van der Waals surface area contributed by atoms with Crippen molar-refractivity contribution in [1.29, 1.82) is 0 Å². The lowest BCUT2D eigenvalue weighted by Gasteiger charge is -2.36. The molecular formula is C18H27N3O3. The van der Waals surface area contributed by atoms with Crippen LogP contribution in [0.3, 0.4) is 0 Å². The number of nitrogens with zero attached hydrogens (tertiary/aromatic N) is 2. The number of piperazine rings is 1. The number of carbonyl (C=O) groups excluding carboxylic acids is 2. The Hall–Kier alpha value is -2.24. The third kappa shape index (κ3) is 4.88. The van der Waals surface area contributed by atoms with Crippen LogP contribution >= 0.6 is 0 Å². The second-order valence-corrected chi connectivity index (χ2v) is 6.12. The number of amides is 2. The van der Waals surface area contributed by atoms with E-state index < -0.39 is 0 Å². The average Bonchev–Trinajstić information content (AvgIpc) is 2.61. The lowest BCUT2D eigenvalue weighted by molar-refractivity contribution is -0.136. The molecule has 1 atom stereocenters. The van der Waals surface area contributed by atoms with Crippen molar-refractivity contribution >= 4 is 17.5 Å². The number of anilines is 1. The Balaban J connectivity index is 1.81. The Kier molecular flexibility index (Phi) is 6.46. The van der Waals surface area contributed by atoms with E-state index in [1.807, 2.05) is 38.1 Å². The lowest BCUT2D eigenvalue weighted by Crippen LogP contribution is -2.49. The zero-order chi connectivity index (χ0) is 17.5. The Bertz CT molecular complexity index is 551. The molecule has 0 aromatic heterocycles. The van der Waals surface area contributed by atoms with Crippen molar-refractivity contribution in [3.63, 3.8) is 0 Å². The lowest BCUT2D eigenvalue weighted by atomic mass is 10.2. The summed E-state index contributed by atoms with van der Waals surface area (Å²) in [5, 5.41) is 2.84. The van der Waals surface area contributed by atoms with E-state index in [9.17, 15) is 9.59 Å². The molecule has 0 saturated carbocycles. The first-order valence-corrected chi connectivity index (χ1v) is 8.49. The molecule has 6 heteroatoms. The van der Waals surface area contributed by atoms with Crippen molar-refractivity contribution in [2.75, 3.05) is 38.2 Å². The van der Waals surface area contributed by atoms with Crippen molar-refractivity contribution in [2.45, 2.75) is 32.7 Å². The van der Waals surface area contributed by atoms with Crippen LogP contribution in [-0.2, 0) is 9.59 Å². The normalized spacial score (nSPS) is 15.8. The van der Waals surface area contributed by atoms with Crippen molar-refractivity contribution < 1.29 is 14.3 Å². The smallest absolute Gasteiger partial charge is 0.232 e. The fraction of sp³-hybridized carbons (Fsp3) is 0.556. The Morgan fingerprint density at radius 2 is 1.79 bits per heavy atom. The highest BCUT2D eigenvalue weighted by atomic mass is 16.5. The van der Waals surface area contributed by atoms with Crippen LogP contribution in [0.5, 0.6) is 5.75 Å². The minimum atomic E-state index is -0.188. The van der Waals surface area contributed by atoms with Gasteiger partial charge in [0.15, 0.2) is 0 Å². The quantitative estimate of drug-likeness (QED) is 0.804. The molecule has 0 aliphatic carbocycles. The molecule has 1 heterocycles. The van der Waals surface area contributed by atoms with E-state index in [1.165, 1.54) is 0 Å². The average molecular weight is 333 g/mol. The minimum Gasteiger partial charge on any atom is -0.497 e. The van der Waals surface area contributed by atoms with E-state index in [-0.39, 0.29) is 24.3 Å². The standard InChI is InChI=1S/C18H27N3O3/c1-4-14(2)19-17(22)13-18(23)21-11-9-20(10-12-21)15-5-7-16(24-3)8-6-15/h5-8,14H,4,9-13H2,1-3H3,(H,19,22). The molecule has 1 saturated heterocycles. The molecule has 0 radical (unpaired) electrons. The van der Waals surface area contributed by atoms with Gasteiger partial charge in [0.2, 0.25) is 11.8 Å². The van der Waals surface area contributed by atoms with Crippen LogP contribution in [0, 0.1) is 0 Å². The van der Waals surface area contributed by atoms with E-state index in [2.05, 4.69) is 10.2 Å². The fourth-order valence-electron chi connectivity index (χ4n) is 2.68. The summed E-state index contributed by atoms with van der Waals surface area (Å²) in [5.74, 6) is 0.553. The first-order valence-electron chi connectivity index (χ1n) is 8.49. The minimum absolute atomic E-state index is 0.0626. The molecule has 1 aromatic rings. The predicted molar refractivity (Wildman–Crippen MR) is 94.3 cm³/mol. The molecule has 1 aliphatic heterocycles. The summed E-state index contributed by atoms with van der Waals surface area (Å²) in [6.07, 6.45) is 0.799. The maximum Gasteiger partial charge on any atom is 0.232 e. The number of rotatable bonds is 6. The summed E-state index contributed by atoms with van der Waals surface area (Å²) in [6, 6.07) is 8.03. The largest absolute Gasteiger partial charge is 0.497 e. The maximum absolute atomic E-state index is 12.2. The number of hydrogen-bond donors (Lipinski definition) is 1. The second-order valence-electron chi connectivity index (χ2n) is 6.12. The van der Waals surface area contributed by atoms with Crippen LogP contribution in [0.25, 0.3) is 0 Å². The number of methoxy groups -OCH3 is 1. The van der Waals surface area contributed by atoms with Crippen LogP contribution in [0.2, 0.25) is 0 Å². The van der Waals surface area contributed by atoms with Gasteiger partial charge in [-0.25, -0.2) is 0 Å². The summed E-state index contributed by atoms with van der Waals surface area (Å²) in [6.45, 7) is 6.76. The molecule has 1 unspecified atom stereocenters. The second kappa shape index (κ2) is 8.57. The van der Waals surface area contributed by atoms with Gasteiger partial charge in [0, 0.05) is 37.9 Å². The third-order valence-corrected chi connectivity index (χ3v) is 4.40. The SMILES string of the molecule is CCC(C)NC(=O)CC(=O)N1CCN(c2ccc(OC)cc2)CC1. The van der Waals surface area contributed by atoms with Crippen molar-refractivity contribution in [2.24, 2.45) is 0 Å². The topological polar surface area (TPSA) is 61.9 Å². The van der Waals surface area contributed by atoms with Gasteiger partial charge in [-0.05, 0) is 37.6 Å². The predicted octanol–water partition coefficient (Wildman–Crippen LogP) is 1.65. The van der Waals surface area contributed by atoms with Crippen LogP contribution in [-0.4, -0.2) is 56.0 Å². The van der Waals surface area contributed by atoms with Crippen molar-refractivity contribution in [1.82, 2.24) is 10.2 Å². The summed E-state index contributed by atoms with van der Waals surface area (Å²) in [7, 11) is 1.65. The highest BCUT2D eigenvalue weighted by Crippen LogP contribution is 2.20. The number of carbonyl (C=O) groups is 2. The molecule has 6 nitrogen and oxygen atoms in total. The van der Waals surface area contributed by atoms with Gasteiger partial charge < -0.3 is 19.9 Å². The summed E-state index contributed by atoms with van der Waals surface area (Å²) in [4.78, 5) is 28.1. The van der Waals surface area contributed by atoms with E-state index in [1.54, 1.807) is 12.0 Å². The number of nitrogens with one attached hydrogen (secondary N) is 1. The molecule has 0 bridgehead atoms. The van der Waals surface area contributed by atoms with Crippen molar-refractivity contribution in [3.8, 4) is 5.75 Å². The van der Waals surface area contributed by atoms with Crippen LogP contribution in [0.1, 0.15) is 26.7 Å². The zero-order valence-corrected chi connectivity index (χ0v) is 14.7. The monoisotopic (exact) mass is 333 g/mol. The molecule has 1 aliphatic rings. The van der Waals surface area contributed by atoms with Gasteiger partial charge in [0.05, 0.1) is 7.11 Å². The highest BCUT2D eigenvalue weighted by Gasteiger charge is 2.23. The Morgan fingerprint density at radius 3 is 2.33 bits per heavy atom. The van der Waals surface area contributed by atoms with Gasteiger partial charge in [-0.3, -0.25) is 9.59 Å². The van der Waals surface area contributed by atoms with Gasteiger partial charge in [-0.2, -0.15) is 0 Å².